The molecule has 3 aromatic rings. The molecule has 2 aromatic carbocycles. The summed E-state index contributed by atoms with van der Waals surface area (Å²) in [4.78, 5) is 11.4. The van der Waals surface area contributed by atoms with Crippen molar-refractivity contribution in [2.75, 3.05) is 6.61 Å². The Bertz CT molecular complexity index is 1010. The number of nitrogens with one attached hydrogen (secondary N) is 2. The van der Waals surface area contributed by atoms with Crippen LogP contribution < -0.4 is 5.32 Å². The van der Waals surface area contributed by atoms with Crippen LogP contribution in [0.4, 0.5) is 4.79 Å². The van der Waals surface area contributed by atoms with Gasteiger partial charge in [-0.25, -0.2) is 4.79 Å². The smallest absolute Gasteiger partial charge is 0.407 e. The van der Waals surface area contributed by atoms with Crippen molar-refractivity contribution in [1.82, 2.24) is 20.1 Å². The van der Waals surface area contributed by atoms with Crippen molar-refractivity contribution < 1.29 is 19.7 Å². The molecule has 3 rings (SSSR count). The number of carbonyl (C=O) groups is 1. The Morgan fingerprint density at radius 3 is 2.67 bits per heavy atom. The molecule has 0 radical (unpaired) electrons. The van der Waals surface area contributed by atoms with E-state index in [2.05, 4.69) is 15.5 Å². The average Bonchev–Trinajstić information content (AvgIpc) is 3.02. The van der Waals surface area contributed by atoms with Crippen LogP contribution in [0.15, 0.2) is 42.5 Å². The zero-order valence-electron chi connectivity index (χ0n) is 14.5. The number of amides is 1. The third kappa shape index (κ3) is 4.09. The molecule has 140 valence electrons. The van der Waals surface area contributed by atoms with E-state index in [0.717, 1.165) is 11.3 Å². The van der Waals surface area contributed by atoms with Gasteiger partial charge < -0.3 is 20.3 Å². The topological polar surface area (TPSA) is 112 Å². The Balaban J connectivity index is 1.88. The summed E-state index contributed by atoms with van der Waals surface area (Å²) in [6, 6.07) is 11.6. The number of alkyl carbamates (subject to hydrolysis) is 1. The molecule has 0 bridgehead atoms. The number of benzene rings is 2. The Kier molecular flexibility index (Phi) is 5.41. The van der Waals surface area contributed by atoms with E-state index in [1.165, 1.54) is 12.1 Å². The van der Waals surface area contributed by atoms with Gasteiger partial charge in [0.15, 0.2) is 10.6 Å². The molecule has 0 aliphatic carbocycles. The van der Waals surface area contributed by atoms with E-state index in [1.807, 2.05) is 24.3 Å². The predicted molar refractivity (Wildman–Crippen MR) is 101 cm³/mol. The fraction of sp³-hybridized carbons (Fsp3) is 0.167. The lowest BCUT2D eigenvalue weighted by molar-refractivity contribution is 0.151. The molecule has 0 atom stereocenters. The van der Waals surface area contributed by atoms with Crippen molar-refractivity contribution in [2.24, 2.45) is 0 Å². The van der Waals surface area contributed by atoms with Gasteiger partial charge in [-0.2, -0.15) is 5.10 Å². The van der Waals surface area contributed by atoms with E-state index in [9.17, 15) is 15.0 Å². The van der Waals surface area contributed by atoms with Crippen LogP contribution in [-0.4, -0.2) is 37.7 Å². The minimum atomic E-state index is -0.469. The Labute approximate surface area is 160 Å². The number of ether oxygens (including phenoxy) is 1. The molecule has 4 N–H and O–H groups in total. The summed E-state index contributed by atoms with van der Waals surface area (Å²) in [5.41, 5.74) is 2.04. The molecule has 0 aliphatic heterocycles. The van der Waals surface area contributed by atoms with Gasteiger partial charge in [-0.15, -0.1) is 0 Å². The first kappa shape index (κ1) is 18.5. The van der Waals surface area contributed by atoms with Crippen molar-refractivity contribution in [3.8, 4) is 28.6 Å². The third-order valence-corrected chi connectivity index (χ3v) is 4.08. The van der Waals surface area contributed by atoms with Gasteiger partial charge in [-0.3, -0.25) is 9.67 Å². The molecule has 0 unspecified atom stereocenters. The zero-order valence-corrected chi connectivity index (χ0v) is 15.3. The van der Waals surface area contributed by atoms with Crippen molar-refractivity contribution in [2.45, 2.75) is 13.5 Å². The van der Waals surface area contributed by atoms with E-state index in [4.69, 9.17) is 17.0 Å². The fourth-order valence-corrected chi connectivity index (χ4v) is 2.78. The monoisotopic (exact) mass is 386 g/mol. The van der Waals surface area contributed by atoms with E-state index in [-0.39, 0.29) is 11.5 Å². The van der Waals surface area contributed by atoms with Crippen LogP contribution >= 0.6 is 12.2 Å². The molecule has 27 heavy (non-hydrogen) atoms. The third-order valence-electron chi connectivity index (χ3n) is 3.80. The van der Waals surface area contributed by atoms with Crippen molar-refractivity contribution in [3.05, 3.63) is 52.8 Å². The number of rotatable bonds is 5. The Morgan fingerprint density at radius 2 is 2.00 bits per heavy atom. The number of phenolic OH excluding ortho intramolecular Hbond substituents is 2. The number of H-pyrrole nitrogens is 1. The van der Waals surface area contributed by atoms with Crippen LogP contribution in [-0.2, 0) is 11.3 Å². The maximum Gasteiger partial charge on any atom is 0.407 e. The summed E-state index contributed by atoms with van der Waals surface area (Å²) in [7, 11) is 0. The Hall–Kier alpha value is -3.33. The van der Waals surface area contributed by atoms with Crippen molar-refractivity contribution in [1.29, 1.82) is 0 Å². The number of phenols is 2. The lowest BCUT2D eigenvalue weighted by atomic mass is 10.1. The first-order valence-corrected chi connectivity index (χ1v) is 8.60. The number of aromatic nitrogens is 3. The normalized spacial score (nSPS) is 10.6. The van der Waals surface area contributed by atoms with Crippen LogP contribution in [0, 0.1) is 4.77 Å². The number of aromatic hydroxyl groups is 2. The molecule has 0 fully saturated rings. The summed E-state index contributed by atoms with van der Waals surface area (Å²) >= 11 is 5.31. The standard InChI is InChI=1S/C18H18N4O4S/c1-2-26-18(25)19-10-11-3-5-12(6-4-11)22-16(20-21-17(22)27)14-8-7-13(23)9-15(14)24/h3-9,23-24H,2,10H2,1H3,(H,19,25)(H,21,27). The molecule has 1 aromatic heterocycles. The highest BCUT2D eigenvalue weighted by Gasteiger charge is 2.15. The first-order valence-electron chi connectivity index (χ1n) is 8.19. The Morgan fingerprint density at radius 1 is 1.26 bits per heavy atom. The zero-order chi connectivity index (χ0) is 19.4. The minimum Gasteiger partial charge on any atom is -0.508 e. The summed E-state index contributed by atoms with van der Waals surface area (Å²) in [6.45, 7) is 2.39. The molecule has 9 heteroatoms. The van der Waals surface area contributed by atoms with Gasteiger partial charge in [0.2, 0.25) is 0 Å². The van der Waals surface area contributed by atoms with E-state index in [0.29, 0.717) is 29.3 Å². The molecule has 0 spiro atoms. The highest BCUT2D eigenvalue weighted by Crippen LogP contribution is 2.32. The van der Waals surface area contributed by atoms with Gasteiger partial charge >= 0.3 is 6.09 Å². The van der Waals surface area contributed by atoms with Gasteiger partial charge in [0.05, 0.1) is 12.2 Å². The van der Waals surface area contributed by atoms with Crippen LogP contribution in [0.25, 0.3) is 17.1 Å². The van der Waals surface area contributed by atoms with E-state index >= 15 is 0 Å². The number of hydrogen-bond donors (Lipinski definition) is 4. The second kappa shape index (κ2) is 7.92. The second-order valence-electron chi connectivity index (χ2n) is 5.63. The lowest BCUT2D eigenvalue weighted by Gasteiger charge is -2.10. The number of aromatic amines is 1. The average molecular weight is 386 g/mol. The van der Waals surface area contributed by atoms with Crippen LogP contribution in [0.5, 0.6) is 11.5 Å². The maximum absolute atomic E-state index is 11.4. The lowest BCUT2D eigenvalue weighted by Crippen LogP contribution is -2.23. The summed E-state index contributed by atoms with van der Waals surface area (Å²) in [5.74, 6) is 0.255. The minimum absolute atomic E-state index is 0.0459. The molecule has 8 nitrogen and oxygen atoms in total. The molecular weight excluding hydrogens is 368 g/mol. The largest absolute Gasteiger partial charge is 0.508 e. The highest BCUT2D eigenvalue weighted by atomic mass is 32.1. The summed E-state index contributed by atoms with van der Waals surface area (Å²) in [6.07, 6.45) is -0.469. The molecule has 1 amide bonds. The maximum atomic E-state index is 11.4. The van der Waals surface area contributed by atoms with E-state index < -0.39 is 6.09 Å². The second-order valence-corrected chi connectivity index (χ2v) is 6.02. The number of carbonyl (C=O) groups excluding carboxylic acids is 1. The fourth-order valence-electron chi connectivity index (χ4n) is 2.55. The van der Waals surface area contributed by atoms with Gasteiger partial charge in [0, 0.05) is 18.3 Å². The van der Waals surface area contributed by atoms with Gasteiger partial charge in [-0.1, -0.05) is 12.1 Å². The van der Waals surface area contributed by atoms with Gasteiger partial charge in [0.1, 0.15) is 11.5 Å². The molecule has 0 aliphatic rings. The predicted octanol–water partition coefficient (Wildman–Crippen LogP) is 3.25. The van der Waals surface area contributed by atoms with E-state index in [1.54, 1.807) is 17.6 Å². The number of hydrogen-bond acceptors (Lipinski definition) is 6. The van der Waals surface area contributed by atoms with Crippen LogP contribution in [0.1, 0.15) is 12.5 Å². The van der Waals surface area contributed by atoms with Gasteiger partial charge in [-0.05, 0) is 49.0 Å². The molecule has 0 saturated carbocycles. The molecular formula is C18H18N4O4S. The van der Waals surface area contributed by atoms with Crippen molar-refractivity contribution in [3.63, 3.8) is 0 Å². The number of nitrogens with zero attached hydrogens (tertiary/aromatic N) is 2. The SMILES string of the molecule is CCOC(=O)NCc1ccc(-n2c(-c3ccc(O)cc3O)n[nH]c2=S)cc1. The van der Waals surface area contributed by atoms with Crippen LogP contribution in [0.2, 0.25) is 0 Å². The quantitative estimate of drug-likeness (QED) is 0.501. The molecule has 0 saturated heterocycles. The van der Waals surface area contributed by atoms with Crippen molar-refractivity contribution >= 4 is 18.3 Å². The summed E-state index contributed by atoms with van der Waals surface area (Å²) < 4.78 is 6.85. The summed E-state index contributed by atoms with van der Waals surface area (Å²) in [5, 5.41) is 29.1. The first-order chi connectivity index (χ1) is 13.0. The van der Waals surface area contributed by atoms with Crippen LogP contribution in [0.3, 0.4) is 0 Å². The molecule has 1 heterocycles. The highest BCUT2D eigenvalue weighted by molar-refractivity contribution is 7.71. The van der Waals surface area contributed by atoms with Gasteiger partial charge in [0.25, 0.3) is 0 Å².